The average Bonchev–Trinajstić information content (AvgIpc) is 2.91. The molecule has 1 unspecified atom stereocenters. The first-order chi connectivity index (χ1) is 15.1. The van der Waals surface area contributed by atoms with Crippen LogP contribution in [0, 0.1) is 10.8 Å². The van der Waals surface area contributed by atoms with E-state index in [1.807, 2.05) is 0 Å². The van der Waals surface area contributed by atoms with Gasteiger partial charge < -0.3 is 9.64 Å². The number of benzene rings is 2. The lowest BCUT2D eigenvalue weighted by Crippen LogP contribution is -2.63. The second-order valence-corrected chi connectivity index (χ2v) is 10.3. The summed E-state index contributed by atoms with van der Waals surface area (Å²) in [5.41, 5.74) is 3.82. The molecule has 4 heteroatoms. The van der Waals surface area contributed by atoms with Crippen LogP contribution >= 0.6 is 0 Å². The van der Waals surface area contributed by atoms with E-state index in [0.717, 1.165) is 18.8 Å². The molecule has 2 aromatic rings. The van der Waals surface area contributed by atoms with Gasteiger partial charge in [-0.3, -0.25) is 9.80 Å². The number of likely N-dealkylation sites (tertiary alicyclic amines) is 3. The molecule has 0 amide bonds. The third-order valence-electron chi connectivity index (χ3n) is 8.17. The van der Waals surface area contributed by atoms with Crippen LogP contribution in [0.1, 0.15) is 30.4 Å². The topological polar surface area (TPSA) is 19.0 Å². The van der Waals surface area contributed by atoms with E-state index in [0.29, 0.717) is 10.8 Å². The van der Waals surface area contributed by atoms with Crippen molar-refractivity contribution in [2.24, 2.45) is 10.8 Å². The summed E-state index contributed by atoms with van der Waals surface area (Å²) in [6, 6.07) is 19.7. The fourth-order valence-corrected chi connectivity index (χ4v) is 6.71. The van der Waals surface area contributed by atoms with Crippen LogP contribution in [0.4, 0.5) is 0 Å². The molecule has 3 fully saturated rings. The van der Waals surface area contributed by atoms with E-state index >= 15 is 0 Å². The smallest absolute Gasteiger partial charge is 0.118 e. The van der Waals surface area contributed by atoms with Crippen LogP contribution in [0.3, 0.4) is 0 Å². The van der Waals surface area contributed by atoms with E-state index in [2.05, 4.69) is 76.3 Å². The molecule has 0 aromatic heterocycles. The number of hydrogen-bond acceptors (Lipinski definition) is 4. The van der Waals surface area contributed by atoms with Gasteiger partial charge in [-0.15, -0.1) is 0 Å². The highest BCUT2D eigenvalue weighted by atomic mass is 16.5. The van der Waals surface area contributed by atoms with Crippen LogP contribution in [0.2, 0.25) is 0 Å². The third kappa shape index (κ3) is 4.13. The summed E-state index contributed by atoms with van der Waals surface area (Å²) in [7, 11) is 4.03. The Morgan fingerprint density at radius 1 is 0.742 bits per heavy atom. The zero-order valence-corrected chi connectivity index (χ0v) is 19.2. The van der Waals surface area contributed by atoms with Gasteiger partial charge in [0.25, 0.3) is 0 Å². The van der Waals surface area contributed by atoms with Crippen molar-refractivity contribution in [3.8, 4) is 5.75 Å². The number of fused-ring (bicyclic) bond motifs is 1. The summed E-state index contributed by atoms with van der Waals surface area (Å²) in [5.74, 6) is 0.944. The Kier molecular flexibility index (Phi) is 5.80. The van der Waals surface area contributed by atoms with Gasteiger partial charge in [0, 0.05) is 44.7 Å². The summed E-state index contributed by atoms with van der Waals surface area (Å²) in [4.78, 5) is 7.99. The van der Waals surface area contributed by atoms with Gasteiger partial charge in [-0.2, -0.15) is 0 Å². The van der Waals surface area contributed by atoms with Crippen molar-refractivity contribution in [3.63, 3.8) is 0 Å². The second-order valence-electron chi connectivity index (χ2n) is 10.3. The standard InChI is InChI=1S/C27H37N3O/c1-28-19-27(20-28)22-30(18-23-7-4-3-5-8-23)21-26(27)13-6-15-29(16-14-26)17-24-9-11-25(31-2)12-10-24/h3-5,7-12H,6,13-22H2,1-2H3. The van der Waals surface area contributed by atoms with Crippen molar-refractivity contribution in [2.75, 3.05) is 53.4 Å². The molecule has 1 atom stereocenters. The lowest BCUT2D eigenvalue weighted by atomic mass is 9.58. The maximum absolute atomic E-state index is 5.32. The van der Waals surface area contributed by atoms with Gasteiger partial charge in [0.2, 0.25) is 0 Å². The van der Waals surface area contributed by atoms with Gasteiger partial charge in [-0.05, 0) is 68.1 Å². The molecule has 0 aliphatic carbocycles. The molecule has 2 spiro atoms. The van der Waals surface area contributed by atoms with Crippen molar-refractivity contribution in [2.45, 2.75) is 32.4 Å². The molecule has 0 N–H and O–H groups in total. The minimum Gasteiger partial charge on any atom is -0.497 e. The summed E-state index contributed by atoms with van der Waals surface area (Å²) in [5, 5.41) is 0. The average molecular weight is 420 g/mol. The molecule has 4 nitrogen and oxygen atoms in total. The van der Waals surface area contributed by atoms with Crippen LogP contribution < -0.4 is 4.74 Å². The zero-order valence-electron chi connectivity index (χ0n) is 19.2. The minimum atomic E-state index is 0.475. The van der Waals surface area contributed by atoms with Crippen LogP contribution in [-0.2, 0) is 13.1 Å². The maximum Gasteiger partial charge on any atom is 0.118 e. The van der Waals surface area contributed by atoms with Gasteiger partial charge in [0.1, 0.15) is 5.75 Å². The molecule has 166 valence electrons. The molecular formula is C27H37N3O. The van der Waals surface area contributed by atoms with Gasteiger partial charge in [0.05, 0.1) is 7.11 Å². The highest BCUT2D eigenvalue weighted by molar-refractivity contribution is 5.27. The molecule has 3 heterocycles. The zero-order chi connectivity index (χ0) is 21.3. The fourth-order valence-electron chi connectivity index (χ4n) is 6.71. The van der Waals surface area contributed by atoms with Crippen LogP contribution in [-0.4, -0.2) is 68.1 Å². The first-order valence-electron chi connectivity index (χ1n) is 11.9. The summed E-state index contributed by atoms with van der Waals surface area (Å²) >= 11 is 0. The van der Waals surface area contributed by atoms with Gasteiger partial charge in [-0.25, -0.2) is 0 Å². The second kappa shape index (κ2) is 8.57. The quantitative estimate of drug-likeness (QED) is 0.726. The van der Waals surface area contributed by atoms with E-state index in [1.165, 1.54) is 69.7 Å². The number of ether oxygens (including phenoxy) is 1. The minimum absolute atomic E-state index is 0.475. The van der Waals surface area contributed by atoms with E-state index in [9.17, 15) is 0 Å². The van der Waals surface area contributed by atoms with E-state index in [-0.39, 0.29) is 0 Å². The first kappa shape index (κ1) is 21.0. The Labute approximate surface area is 187 Å². The molecule has 2 aromatic carbocycles. The predicted molar refractivity (Wildman–Crippen MR) is 126 cm³/mol. The van der Waals surface area contributed by atoms with Crippen LogP contribution in [0.5, 0.6) is 5.75 Å². The fraction of sp³-hybridized carbons (Fsp3) is 0.556. The summed E-state index contributed by atoms with van der Waals surface area (Å²) in [6.07, 6.45) is 4.04. The molecule has 0 radical (unpaired) electrons. The molecule has 0 saturated carbocycles. The lowest BCUT2D eigenvalue weighted by Gasteiger charge is -2.56. The van der Waals surface area contributed by atoms with Crippen molar-refractivity contribution in [3.05, 3.63) is 65.7 Å². The molecule has 3 saturated heterocycles. The number of rotatable bonds is 5. The summed E-state index contributed by atoms with van der Waals surface area (Å²) < 4.78 is 5.32. The van der Waals surface area contributed by atoms with Crippen molar-refractivity contribution >= 4 is 0 Å². The first-order valence-corrected chi connectivity index (χ1v) is 11.9. The van der Waals surface area contributed by atoms with Crippen LogP contribution in [0.15, 0.2) is 54.6 Å². The maximum atomic E-state index is 5.32. The van der Waals surface area contributed by atoms with Crippen molar-refractivity contribution < 1.29 is 4.74 Å². The highest BCUT2D eigenvalue weighted by Gasteiger charge is 2.61. The van der Waals surface area contributed by atoms with E-state index in [1.54, 1.807) is 7.11 Å². The molecular weight excluding hydrogens is 382 g/mol. The highest BCUT2D eigenvalue weighted by Crippen LogP contribution is 2.57. The van der Waals surface area contributed by atoms with Gasteiger partial charge >= 0.3 is 0 Å². The molecule has 0 bridgehead atoms. The molecule has 31 heavy (non-hydrogen) atoms. The Balaban J connectivity index is 1.28. The Bertz CT molecular complexity index is 862. The van der Waals surface area contributed by atoms with Crippen LogP contribution in [0.25, 0.3) is 0 Å². The Hall–Kier alpha value is -1.88. The number of hydrogen-bond donors (Lipinski definition) is 0. The largest absolute Gasteiger partial charge is 0.497 e. The van der Waals surface area contributed by atoms with Gasteiger partial charge in [-0.1, -0.05) is 42.5 Å². The number of nitrogens with zero attached hydrogens (tertiary/aromatic N) is 3. The van der Waals surface area contributed by atoms with E-state index in [4.69, 9.17) is 4.74 Å². The SMILES string of the molecule is COc1ccc(CN2CCCC3(CC2)CN(Cc2ccccc2)CC32CN(C)C2)cc1. The number of methoxy groups -OCH3 is 1. The third-order valence-corrected chi connectivity index (χ3v) is 8.17. The molecule has 5 rings (SSSR count). The monoisotopic (exact) mass is 419 g/mol. The normalized spacial score (nSPS) is 26.8. The van der Waals surface area contributed by atoms with Crippen molar-refractivity contribution in [1.29, 1.82) is 0 Å². The molecule has 3 aliphatic heterocycles. The van der Waals surface area contributed by atoms with Crippen molar-refractivity contribution in [1.82, 2.24) is 14.7 Å². The van der Waals surface area contributed by atoms with Gasteiger partial charge in [0.15, 0.2) is 0 Å². The predicted octanol–water partition coefficient (Wildman–Crippen LogP) is 4.12. The lowest BCUT2D eigenvalue weighted by molar-refractivity contribution is -0.0637. The Morgan fingerprint density at radius 3 is 2.13 bits per heavy atom. The molecule has 3 aliphatic rings. The van der Waals surface area contributed by atoms with E-state index < -0.39 is 0 Å². The summed E-state index contributed by atoms with van der Waals surface area (Å²) in [6.45, 7) is 9.68. The Morgan fingerprint density at radius 2 is 1.42 bits per heavy atom.